The lowest BCUT2D eigenvalue weighted by Gasteiger charge is -2.41. The Labute approximate surface area is 210 Å². The fraction of sp³-hybridized carbons (Fsp3) is 0.440. The van der Waals surface area contributed by atoms with Crippen LogP contribution < -0.4 is 10.7 Å². The number of halogens is 2. The number of carbonyl (C=O) groups excluding carboxylic acids is 2. The molecule has 5 rings (SSSR count). The van der Waals surface area contributed by atoms with Gasteiger partial charge >= 0.3 is 0 Å². The van der Waals surface area contributed by atoms with E-state index < -0.39 is 58.4 Å². The van der Waals surface area contributed by atoms with Crippen LogP contribution in [-0.2, 0) is 16.1 Å². The Morgan fingerprint density at radius 1 is 1.32 bits per heavy atom. The number of ether oxygens (including phenoxy) is 1. The van der Waals surface area contributed by atoms with E-state index in [1.165, 1.54) is 24.8 Å². The van der Waals surface area contributed by atoms with Gasteiger partial charge in [-0.25, -0.2) is 8.78 Å². The van der Waals surface area contributed by atoms with E-state index in [-0.39, 0.29) is 23.8 Å². The minimum atomic E-state index is -1.07. The molecular formula is C25H26F2N4O6. The number of fused-ring (bicyclic) bond motifs is 5. The van der Waals surface area contributed by atoms with E-state index in [0.717, 1.165) is 12.1 Å². The first-order valence-corrected chi connectivity index (χ1v) is 11.9. The SMILES string of the molecule is COC1=NO[C@]2(CC[C@H](C)N3C[C@H]2n2cc(C(=O)NCc4c(F)cc(C)cc4F)c(=O)c(O)c2C3=O)C1. The Hall–Kier alpha value is -3.96. The van der Waals surface area contributed by atoms with E-state index in [9.17, 15) is 28.3 Å². The molecule has 2 aromatic rings. The number of aromatic nitrogens is 1. The zero-order valence-electron chi connectivity index (χ0n) is 20.5. The molecule has 2 amide bonds. The molecule has 4 heterocycles. The summed E-state index contributed by atoms with van der Waals surface area (Å²) in [5, 5.41) is 17.2. The van der Waals surface area contributed by atoms with Crippen LogP contribution in [0.25, 0.3) is 0 Å². The van der Waals surface area contributed by atoms with Crippen molar-refractivity contribution in [3.8, 4) is 5.75 Å². The first-order valence-electron chi connectivity index (χ1n) is 11.9. The van der Waals surface area contributed by atoms with E-state index in [1.54, 1.807) is 4.90 Å². The molecule has 3 aliphatic rings. The summed E-state index contributed by atoms with van der Waals surface area (Å²) in [6.07, 6.45) is 2.57. The molecule has 3 aliphatic heterocycles. The molecule has 12 heteroatoms. The molecule has 2 N–H and O–H groups in total. The van der Waals surface area contributed by atoms with Crippen LogP contribution in [0.1, 0.15) is 64.2 Å². The summed E-state index contributed by atoms with van der Waals surface area (Å²) in [5.74, 6) is -3.69. The average Bonchev–Trinajstić information content (AvgIpc) is 3.23. The van der Waals surface area contributed by atoms with Crippen LogP contribution in [0.3, 0.4) is 0 Å². The lowest BCUT2D eigenvalue weighted by Crippen LogP contribution is -2.52. The molecule has 10 nitrogen and oxygen atoms in total. The van der Waals surface area contributed by atoms with Crippen molar-refractivity contribution in [2.45, 2.75) is 57.3 Å². The summed E-state index contributed by atoms with van der Waals surface area (Å²) in [4.78, 5) is 46.7. The van der Waals surface area contributed by atoms with Crippen molar-refractivity contribution in [3.05, 3.63) is 62.6 Å². The second-order valence-corrected chi connectivity index (χ2v) is 9.75. The second kappa shape index (κ2) is 8.86. The largest absolute Gasteiger partial charge is 0.503 e. The van der Waals surface area contributed by atoms with Gasteiger partial charge in [0.05, 0.1) is 19.6 Å². The predicted molar refractivity (Wildman–Crippen MR) is 126 cm³/mol. The lowest BCUT2D eigenvalue weighted by molar-refractivity contribution is -0.0655. The monoisotopic (exact) mass is 516 g/mol. The maximum Gasteiger partial charge on any atom is 0.274 e. The fourth-order valence-electron chi connectivity index (χ4n) is 5.35. The molecular weight excluding hydrogens is 490 g/mol. The Morgan fingerprint density at radius 3 is 2.68 bits per heavy atom. The number of pyridine rings is 1. The first-order chi connectivity index (χ1) is 17.6. The van der Waals surface area contributed by atoms with Gasteiger partial charge in [0.15, 0.2) is 17.0 Å². The molecule has 1 aromatic carbocycles. The van der Waals surface area contributed by atoms with E-state index >= 15 is 0 Å². The zero-order chi connectivity index (χ0) is 26.6. The van der Waals surface area contributed by atoms with Crippen molar-refractivity contribution in [1.29, 1.82) is 0 Å². The van der Waals surface area contributed by atoms with Crippen molar-refractivity contribution < 1.29 is 33.1 Å². The number of oxime groups is 1. The molecule has 1 fully saturated rings. The van der Waals surface area contributed by atoms with Gasteiger partial charge in [-0.15, -0.1) is 0 Å². The summed E-state index contributed by atoms with van der Waals surface area (Å²) in [6, 6.07) is 1.46. The van der Waals surface area contributed by atoms with Crippen molar-refractivity contribution in [2.75, 3.05) is 13.7 Å². The van der Waals surface area contributed by atoms with Gasteiger partial charge in [0.25, 0.3) is 11.8 Å². The summed E-state index contributed by atoms with van der Waals surface area (Å²) >= 11 is 0. The second-order valence-electron chi connectivity index (χ2n) is 9.75. The molecule has 3 atom stereocenters. The minimum Gasteiger partial charge on any atom is -0.503 e. The Balaban J connectivity index is 1.55. The summed E-state index contributed by atoms with van der Waals surface area (Å²) in [7, 11) is 1.47. The molecule has 0 saturated carbocycles. The van der Waals surface area contributed by atoms with E-state index in [4.69, 9.17) is 9.57 Å². The number of aryl methyl sites for hydroxylation is 1. The van der Waals surface area contributed by atoms with Crippen molar-refractivity contribution in [3.63, 3.8) is 0 Å². The highest BCUT2D eigenvalue weighted by molar-refractivity contribution is 5.99. The molecule has 37 heavy (non-hydrogen) atoms. The van der Waals surface area contributed by atoms with Gasteiger partial charge in [-0.05, 0) is 44.4 Å². The third-order valence-electron chi connectivity index (χ3n) is 7.47. The first kappa shape index (κ1) is 24.7. The average molecular weight is 517 g/mol. The van der Waals surface area contributed by atoms with Gasteiger partial charge in [-0.1, -0.05) is 5.16 Å². The highest BCUT2D eigenvalue weighted by atomic mass is 19.1. The van der Waals surface area contributed by atoms with Gasteiger partial charge in [0.1, 0.15) is 17.2 Å². The summed E-state index contributed by atoms with van der Waals surface area (Å²) in [6.45, 7) is 3.08. The third kappa shape index (κ3) is 3.91. The third-order valence-corrected chi connectivity index (χ3v) is 7.47. The van der Waals surface area contributed by atoms with Crippen molar-refractivity contribution in [2.24, 2.45) is 5.16 Å². The molecule has 1 saturated heterocycles. The van der Waals surface area contributed by atoms with Gasteiger partial charge in [-0.2, -0.15) is 0 Å². The predicted octanol–water partition coefficient (Wildman–Crippen LogP) is 2.37. The highest BCUT2D eigenvalue weighted by Crippen LogP contribution is 2.46. The van der Waals surface area contributed by atoms with E-state index in [0.29, 0.717) is 30.7 Å². The van der Waals surface area contributed by atoms with Gasteiger partial charge in [0.2, 0.25) is 11.3 Å². The van der Waals surface area contributed by atoms with Gasteiger partial charge < -0.3 is 29.5 Å². The number of methoxy groups -OCH3 is 1. The van der Waals surface area contributed by atoms with Crippen LogP contribution in [-0.4, -0.2) is 57.6 Å². The van der Waals surface area contributed by atoms with Crippen LogP contribution in [0, 0.1) is 18.6 Å². The molecule has 0 radical (unpaired) electrons. The maximum absolute atomic E-state index is 14.2. The number of benzene rings is 1. The number of amides is 2. The van der Waals surface area contributed by atoms with Crippen molar-refractivity contribution in [1.82, 2.24) is 14.8 Å². The van der Waals surface area contributed by atoms with Crippen LogP contribution in [0.5, 0.6) is 5.75 Å². The number of carbonyl (C=O) groups is 2. The fourth-order valence-corrected chi connectivity index (χ4v) is 5.35. The standard InChI is InChI=1S/C25H26F2N4O6/c1-12-6-16(26)14(17(27)7-12)9-28-23(34)15-10-31-18-11-30(24(35)20(31)22(33)21(15)32)13(2)4-5-25(18)8-19(36-3)29-37-25/h6-7,10,13,18,33H,4-5,8-9,11H2,1-3H3,(H,28,34)/t13-,18+,25+/m0/s1. The highest BCUT2D eigenvalue weighted by Gasteiger charge is 2.54. The quantitative estimate of drug-likeness (QED) is 0.646. The van der Waals surface area contributed by atoms with Gasteiger partial charge in [0, 0.05) is 30.9 Å². The van der Waals surface area contributed by atoms with E-state index in [1.807, 2.05) is 6.92 Å². The maximum atomic E-state index is 14.2. The molecule has 1 spiro atoms. The van der Waals surface area contributed by atoms with Crippen molar-refractivity contribution >= 4 is 17.7 Å². The van der Waals surface area contributed by atoms with E-state index in [2.05, 4.69) is 10.5 Å². The number of hydrogen-bond acceptors (Lipinski definition) is 7. The molecule has 2 bridgehead atoms. The van der Waals surface area contributed by atoms with Gasteiger partial charge in [-0.3, -0.25) is 14.4 Å². The zero-order valence-corrected chi connectivity index (χ0v) is 20.5. The van der Waals surface area contributed by atoms with Crippen LogP contribution in [0.15, 0.2) is 28.3 Å². The smallest absolute Gasteiger partial charge is 0.274 e. The molecule has 1 aromatic heterocycles. The minimum absolute atomic E-state index is 0.197. The Bertz CT molecular complexity index is 1380. The molecule has 196 valence electrons. The Morgan fingerprint density at radius 2 is 2.03 bits per heavy atom. The number of nitrogens with zero attached hydrogens (tertiary/aromatic N) is 3. The topological polar surface area (TPSA) is 122 Å². The summed E-state index contributed by atoms with van der Waals surface area (Å²) < 4.78 is 35.1. The number of hydrogen-bond donors (Lipinski definition) is 2. The number of aromatic hydroxyl groups is 1. The van der Waals surface area contributed by atoms with Crippen LogP contribution >= 0.6 is 0 Å². The summed E-state index contributed by atoms with van der Waals surface area (Å²) in [5.41, 5.74) is -2.72. The van der Waals surface area contributed by atoms with Crippen LogP contribution in [0.4, 0.5) is 8.78 Å². The molecule has 0 aliphatic carbocycles. The normalized spacial score (nSPS) is 24.3. The van der Waals surface area contributed by atoms with Crippen LogP contribution in [0.2, 0.25) is 0 Å². The number of nitrogens with one attached hydrogen (secondary N) is 1. The lowest BCUT2D eigenvalue weighted by atomic mass is 9.85. The number of rotatable bonds is 3. The molecule has 0 unspecified atom stereocenters. The Kier molecular flexibility index (Phi) is 5.92.